The highest BCUT2D eigenvalue weighted by atomic mass is 32.1. The van der Waals surface area contributed by atoms with E-state index in [-0.39, 0.29) is 23.5 Å². The van der Waals surface area contributed by atoms with Crippen LogP contribution in [0.1, 0.15) is 16.1 Å². The number of rotatable bonds is 6. The summed E-state index contributed by atoms with van der Waals surface area (Å²) < 4.78 is 11.8. The van der Waals surface area contributed by atoms with Crippen LogP contribution < -0.4 is 10.1 Å². The number of para-hydroxylation sites is 1. The fourth-order valence-electron chi connectivity index (χ4n) is 2.81. The first kappa shape index (κ1) is 18.6. The quantitative estimate of drug-likeness (QED) is 0.373. The van der Waals surface area contributed by atoms with Crippen molar-refractivity contribution in [1.29, 1.82) is 0 Å². The molecule has 0 aliphatic carbocycles. The number of methoxy groups -OCH3 is 1. The smallest absolute Gasteiger partial charge is 0.311 e. The fourth-order valence-corrected chi connectivity index (χ4v) is 3.74. The molecule has 0 atom stereocenters. The Balaban J connectivity index is 1.46. The van der Waals surface area contributed by atoms with Crippen molar-refractivity contribution in [3.8, 4) is 16.5 Å². The average molecular weight is 409 g/mol. The van der Waals surface area contributed by atoms with Gasteiger partial charge in [0.05, 0.1) is 28.8 Å². The summed E-state index contributed by atoms with van der Waals surface area (Å²) in [7, 11) is 1.34. The summed E-state index contributed by atoms with van der Waals surface area (Å²) in [4.78, 5) is 27.4. The van der Waals surface area contributed by atoms with Crippen LogP contribution in [-0.4, -0.2) is 22.9 Å². The largest absolute Gasteiger partial charge is 0.490 e. The van der Waals surface area contributed by atoms with Crippen LogP contribution in [0.15, 0.2) is 59.0 Å². The zero-order valence-electron chi connectivity index (χ0n) is 15.2. The highest BCUT2D eigenvalue weighted by Gasteiger charge is 2.18. The number of nitro groups is 1. The van der Waals surface area contributed by atoms with Gasteiger partial charge in [0.1, 0.15) is 5.76 Å². The molecule has 4 aromatic rings. The lowest BCUT2D eigenvalue weighted by Crippen LogP contribution is -2.22. The number of thiazole rings is 1. The zero-order valence-corrected chi connectivity index (χ0v) is 16.1. The van der Waals surface area contributed by atoms with E-state index in [1.54, 1.807) is 12.1 Å². The van der Waals surface area contributed by atoms with Crippen molar-refractivity contribution in [3.63, 3.8) is 0 Å². The van der Waals surface area contributed by atoms with Gasteiger partial charge in [-0.05, 0) is 36.4 Å². The minimum absolute atomic E-state index is 0.0954. The number of ether oxygens (including phenoxy) is 1. The number of fused-ring (bicyclic) bond motifs is 1. The number of nitro benzene ring substituents is 1. The summed E-state index contributed by atoms with van der Waals surface area (Å²) in [5.74, 6) is 0.818. The van der Waals surface area contributed by atoms with Gasteiger partial charge < -0.3 is 14.5 Å². The lowest BCUT2D eigenvalue weighted by Gasteiger charge is -2.06. The van der Waals surface area contributed by atoms with Gasteiger partial charge in [-0.25, -0.2) is 4.98 Å². The van der Waals surface area contributed by atoms with Crippen LogP contribution in [0.25, 0.3) is 21.0 Å². The van der Waals surface area contributed by atoms with Crippen LogP contribution in [0.4, 0.5) is 5.69 Å². The molecule has 1 N–H and O–H groups in total. The van der Waals surface area contributed by atoms with E-state index in [2.05, 4.69) is 10.3 Å². The Hall–Kier alpha value is -3.72. The van der Waals surface area contributed by atoms with E-state index in [0.29, 0.717) is 11.5 Å². The summed E-state index contributed by atoms with van der Waals surface area (Å²) in [6.07, 6.45) is 0. The Morgan fingerprint density at radius 2 is 2.07 bits per heavy atom. The number of benzene rings is 2. The first-order valence-corrected chi connectivity index (χ1v) is 9.42. The molecule has 0 radical (unpaired) electrons. The maximum Gasteiger partial charge on any atom is 0.311 e. The summed E-state index contributed by atoms with van der Waals surface area (Å²) in [5, 5.41) is 14.6. The zero-order chi connectivity index (χ0) is 20.4. The third-order valence-corrected chi connectivity index (χ3v) is 5.28. The van der Waals surface area contributed by atoms with E-state index in [1.165, 1.54) is 36.6 Å². The number of furan rings is 1. The van der Waals surface area contributed by atoms with Gasteiger partial charge in [0.25, 0.3) is 5.91 Å². The van der Waals surface area contributed by atoms with Crippen molar-refractivity contribution in [2.24, 2.45) is 0 Å². The van der Waals surface area contributed by atoms with Gasteiger partial charge >= 0.3 is 5.69 Å². The van der Waals surface area contributed by atoms with Gasteiger partial charge in [0.2, 0.25) is 0 Å². The second-order valence-electron chi connectivity index (χ2n) is 6.08. The monoisotopic (exact) mass is 409 g/mol. The molecule has 4 rings (SSSR count). The van der Waals surface area contributed by atoms with Gasteiger partial charge in [-0.2, -0.15) is 0 Å². The molecular weight excluding hydrogens is 394 g/mol. The van der Waals surface area contributed by atoms with Crippen molar-refractivity contribution >= 4 is 33.1 Å². The van der Waals surface area contributed by atoms with E-state index in [9.17, 15) is 14.9 Å². The topological polar surface area (TPSA) is 108 Å². The highest BCUT2D eigenvalue weighted by molar-refractivity contribution is 7.21. The molecule has 0 bridgehead atoms. The van der Waals surface area contributed by atoms with Gasteiger partial charge in [-0.1, -0.05) is 12.1 Å². The van der Waals surface area contributed by atoms with E-state index in [4.69, 9.17) is 9.15 Å². The minimum Gasteiger partial charge on any atom is -0.490 e. The molecule has 29 heavy (non-hydrogen) atoms. The van der Waals surface area contributed by atoms with Crippen LogP contribution in [0.3, 0.4) is 0 Å². The second-order valence-corrected chi connectivity index (χ2v) is 7.11. The van der Waals surface area contributed by atoms with E-state index in [0.717, 1.165) is 15.2 Å². The molecule has 0 spiro atoms. The third kappa shape index (κ3) is 3.81. The fraction of sp³-hybridized carbons (Fsp3) is 0.100. The number of carbonyl (C=O) groups is 1. The highest BCUT2D eigenvalue weighted by Crippen LogP contribution is 2.31. The second kappa shape index (κ2) is 7.72. The maximum atomic E-state index is 12.4. The summed E-state index contributed by atoms with van der Waals surface area (Å²) >= 11 is 1.52. The number of nitrogens with zero attached hydrogens (tertiary/aromatic N) is 2. The number of hydrogen-bond acceptors (Lipinski definition) is 7. The molecule has 8 nitrogen and oxygen atoms in total. The Bertz CT molecular complexity index is 1180. The first-order chi connectivity index (χ1) is 14.0. The molecule has 0 fully saturated rings. The normalized spacial score (nSPS) is 10.8. The van der Waals surface area contributed by atoms with Crippen LogP contribution in [0.2, 0.25) is 0 Å². The summed E-state index contributed by atoms with van der Waals surface area (Å²) in [5.41, 5.74) is 0.798. The average Bonchev–Trinajstić information content (AvgIpc) is 3.38. The van der Waals surface area contributed by atoms with Gasteiger partial charge in [-0.15, -0.1) is 11.3 Å². The standard InChI is InChI=1S/C20H15N3O5S/c1-27-16-8-6-12(10-15(16)23(25)26)19(24)21-11-13-7-9-17(28-13)20-22-14-4-2-3-5-18(14)29-20/h2-10H,11H2,1H3,(H,21,24). The predicted molar refractivity (Wildman–Crippen MR) is 108 cm³/mol. The molecule has 2 aromatic heterocycles. The third-order valence-electron chi connectivity index (χ3n) is 4.23. The number of carbonyl (C=O) groups excluding carboxylic acids is 1. The van der Waals surface area contributed by atoms with Crippen molar-refractivity contribution in [1.82, 2.24) is 10.3 Å². The van der Waals surface area contributed by atoms with Crippen molar-refractivity contribution in [3.05, 3.63) is 76.0 Å². The maximum absolute atomic E-state index is 12.4. The number of nitrogens with one attached hydrogen (secondary N) is 1. The Morgan fingerprint density at radius 1 is 1.24 bits per heavy atom. The predicted octanol–water partition coefficient (Wildman–Crippen LogP) is 4.40. The Kier molecular flexibility index (Phi) is 4.96. The van der Waals surface area contributed by atoms with E-state index in [1.807, 2.05) is 24.3 Å². The van der Waals surface area contributed by atoms with Crippen LogP contribution in [0.5, 0.6) is 5.75 Å². The molecule has 146 valence electrons. The molecule has 9 heteroatoms. The molecule has 0 unspecified atom stereocenters. The SMILES string of the molecule is COc1ccc(C(=O)NCc2ccc(-c3nc4ccccc4s3)o2)cc1[N+](=O)[O-]. The van der Waals surface area contributed by atoms with Crippen LogP contribution in [0, 0.1) is 10.1 Å². The van der Waals surface area contributed by atoms with Crippen molar-refractivity contribution in [2.45, 2.75) is 6.54 Å². The molecule has 0 aliphatic rings. The number of hydrogen-bond donors (Lipinski definition) is 1. The first-order valence-electron chi connectivity index (χ1n) is 8.60. The van der Waals surface area contributed by atoms with Crippen LogP contribution >= 0.6 is 11.3 Å². The Labute approximate surface area is 168 Å². The lowest BCUT2D eigenvalue weighted by atomic mass is 10.1. The number of aromatic nitrogens is 1. The van der Waals surface area contributed by atoms with E-state index >= 15 is 0 Å². The molecule has 0 saturated carbocycles. The molecule has 2 aromatic carbocycles. The molecule has 2 heterocycles. The Morgan fingerprint density at radius 3 is 2.83 bits per heavy atom. The number of amides is 1. The van der Waals surface area contributed by atoms with Gasteiger partial charge in [-0.3, -0.25) is 14.9 Å². The summed E-state index contributed by atoms with van der Waals surface area (Å²) in [6.45, 7) is 0.142. The van der Waals surface area contributed by atoms with E-state index < -0.39 is 10.8 Å². The lowest BCUT2D eigenvalue weighted by molar-refractivity contribution is -0.385. The van der Waals surface area contributed by atoms with Gasteiger partial charge in [0.15, 0.2) is 16.5 Å². The summed E-state index contributed by atoms with van der Waals surface area (Å²) in [6, 6.07) is 15.4. The molecule has 1 amide bonds. The van der Waals surface area contributed by atoms with Crippen molar-refractivity contribution in [2.75, 3.05) is 7.11 Å². The van der Waals surface area contributed by atoms with Crippen molar-refractivity contribution < 1.29 is 18.9 Å². The molecular formula is C20H15N3O5S. The molecule has 0 saturated heterocycles. The van der Waals surface area contributed by atoms with Gasteiger partial charge in [0, 0.05) is 11.6 Å². The van der Waals surface area contributed by atoms with Crippen LogP contribution in [-0.2, 0) is 6.54 Å². The minimum atomic E-state index is -0.591. The molecule has 0 aliphatic heterocycles.